The van der Waals surface area contributed by atoms with Crippen molar-refractivity contribution in [2.45, 2.75) is 32.5 Å². The Bertz CT molecular complexity index is 502. The molecule has 0 amide bonds. The molecule has 94 valence electrons. The second-order valence-electron chi connectivity index (χ2n) is 4.34. The average molecular weight is 254 g/mol. The van der Waals surface area contributed by atoms with Crippen LogP contribution in [0.1, 0.15) is 19.0 Å². The van der Waals surface area contributed by atoms with Gasteiger partial charge in [-0.1, -0.05) is 13.0 Å². The summed E-state index contributed by atoms with van der Waals surface area (Å²) < 4.78 is 24.7. The van der Waals surface area contributed by atoms with E-state index in [2.05, 4.69) is 29.1 Å². The summed E-state index contributed by atoms with van der Waals surface area (Å²) in [4.78, 5) is 0. The highest BCUT2D eigenvalue weighted by molar-refractivity contribution is 7.94. The van der Waals surface area contributed by atoms with Gasteiger partial charge >= 0.3 is 0 Å². The topological polar surface area (TPSA) is 51.1 Å². The van der Waals surface area contributed by atoms with Gasteiger partial charge in [-0.2, -0.15) is 0 Å². The minimum Gasteiger partial charge on any atom is -0.350 e. The first-order valence-corrected chi connectivity index (χ1v) is 7.60. The summed E-state index contributed by atoms with van der Waals surface area (Å²) in [5, 5.41) is 4.55. The van der Waals surface area contributed by atoms with Gasteiger partial charge in [-0.05, 0) is 18.6 Å². The molecule has 0 aromatic carbocycles. The maximum Gasteiger partial charge on any atom is 0.173 e. The molecule has 17 heavy (non-hydrogen) atoms. The van der Waals surface area contributed by atoms with Crippen LogP contribution in [0, 0.1) is 0 Å². The Hall–Kier alpha value is -1.07. The summed E-state index contributed by atoms with van der Waals surface area (Å²) in [5.74, 6) is 0.182. The number of hydrogen-bond acceptors (Lipinski definition) is 3. The van der Waals surface area contributed by atoms with Crippen LogP contribution in [0.4, 0.5) is 0 Å². The largest absolute Gasteiger partial charge is 0.350 e. The summed E-state index contributed by atoms with van der Waals surface area (Å²) in [6, 6.07) is 4.04. The lowest BCUT2D eigenvalue weighted by molar-refractivity contribution is 0.570. The van der Waals surface area contributed by atoms with Crippen molar-refractivity contribution in [3.8, 4) is 0 Å². The zero-order valence-corrected chi connectivity index (χ0v) is 10.8. The molecular weight excluding hydrogens is 236 g/mol. The van der Waals surface area contributed by atoms with E-state index in [1.165, 1.54) is 11.1 Å². The van der Waals surface area contributed by atoms with Crippen LogP contribution in [-0.2, 0) is 22.9 Å². The van der Waals surface area contributed by atoms with Gasteiger partial charge in [-0.3, -0.25) is 0 Å². The summed E-state index contributed by atoms with van der Waals surface area (Å²) in [6.07, 6.45) is 4.88. The van der Waals surface area contributed by atoms with E-state index in [0.29, 0.717) is 6.54 Å². The number of hydrogen-bond donors (Lipinski definition) is 1. The maximum atomic E-state index is 11.2. The first kappa shape index (κ1) is 12.4. The third kappa shape index (κ3) is 3.20. The summed E-state index contributed by atoms with van der Waals surface area (Å²) in [5.41, 5.74) is 1.20. The molecule has 0 saturated heterocycles. The standard InChI is InChI=1S/C12H18N2O2S/c1-2-6-14-7-3-4-12(14)9-13-11-5-8-17(15,16)10-11/h3-5,7-8,11,13H,2,6,9-10H2,1H3. The molecule has 4 nitrogen and oxygen atoms in total. The minimum absolute atomic E-state index is 0.0509. The molecule has 0 aliphatic carbocycles. The highest BCUT2D eigenvalue weighted by Gasteiger charge is 2.20. The van der Waals surface area contributed by atoms with Crippen LogP contribution >= 0.6 is 0 Å². The van der Waals surface area contributed by atoms with Crippen molar-refractivity contribution in [1.29, 1.82) is 0 Å². The number of aromatic nitrogens is 1. The van der Waals surface area contributed by atoms with Gasteiger partial charge in [0.05, 0.1) is 5.75 Å². The monoisotopic (exact) mass is 254 g/mol. The quantitative estimate of drug-likeness (QED) is 0.861. The van der Waals surface area contributed by atoms with Crippen molar-refractivity contribution >= 4 is 9.84 Å². The Morgan fingerprint density at radius 2 is 2.35 bits per heavy atom. The smallest absolute Gasteiger partial charge is 0.173 e. The van der Waals surface area contributed by atoms with Gasteiger partial charge in [0.15, 0.2) is 9.84 Å². The van der Waals surface area contributed by atoms with E-state index >= 15 is 0 Å². The molecule has 0 fully saturated rings. The van der Waals surface area contributed by atoms with Gasteiger partial charge in [0.1, 0.15) is 0 Å². The first-order chi connectivity index (χ1) is 8.11. The number of nitrogens with zero attached hydrogens (tertiary/aromatic N) is 1. The number of rotatable bonds is 5. The van der Waals surface area contributed by atoms with Gasteiger partial charge in [-0.25, -0.2) is 8.42 Å². The highest BCUT2D eigenvalue weighted by atomic mass is 32.2. The van der Waals surface area contributed by atoms with Crippen LogP contribution in [0.15, 0.2) is 29.8 Å². The molecule has 1 N–H and O–H groups in total. The summed E-state index contributed by atoms with van der Waals surface area (Å²) in [7, 11) is -2.96. The van der Waals surface area contributed by atoms with Crippen LogP contribution in [0.2, 0.25) is 0 Å². The Morgan fingerprint density at radius 3 is 3.00 bits per heavy atom. The first-order valence-electron chi connectivity index (χ1n) is 5.89. The van der Waals surface area contributed by atoms with E-state index in [1.807, 2.05) is 6.07 Å². The average Bonchev–Trinajstić information content (AvgIpc) is 2.83. The van der Waals surface area contributed by atoms with Crippen molar-refractivity contribution in [3.63, 3.8) is 0 Å². The SMILES string of the molecule is CCCn1cccc1CNC1C=CS(=O)(=O)C1. The van der Waals surface area contributed by atoms with Crippen molar-refractivity contribution < 1.29 is 8.42 Å². The fraction of sp³-hybridized carbons (Fsp3) is 0.500. The zero-order valence-electron chi connectivity index (χ0n) is 9.96. The van der Waals surface area contributed by atoms with Crippen LogP contribution in [0.3, 0.4) is 0 Å². The Labute approximate surface area is 102 Å². The Kier molecular flexibility index (Phi) is 3.69. The van der Waals surface area contributed by atoms with Crippen LogP contribution in [0.5, 0.6) is 0 Å². The van der Waals surface area contributed by atoms with Crippen LogP contribution in [-0.4, -0.2) is 24.8 Å². The van der Waals surface area contributed by atoms with Crippen molar-refractivity contribution in [3.05, 3.63) is 35.5 Å². The summed E-state index contributed by atoms with van der Waals surface area (Å²) >= 11 is 0. The molecule has 2 heterocycles. The molecule has 1 aliphatic heterocycles. The minimum atomic E-state index is -2.96. The molecule has 1 aromatic heterocycles. The Balaban J connectivity index is 1.90. The van der Waals surface area contributed by atoms with Gasteiger partial charge < -0.3 is 9.88 Å². The number of sulfone groups is 1. The fourth-order valence-electron chi connectivity index (χ4n) is 2.01. The molecule has 5 heteroatoms. The van der Waals surface area contributed by atoms with Crippen LogP contribution < -0.4 is 5.32 Å². The number of nitrogens with one attached hydrogen (secondary N) is 1. The third-order valence-electron chi connectivity index (χ3n) is 2.86. The molecule has 1 atom stereocenters. The van der Waals surface area contributed by atoms with Crippen LogP contribution in [0.25, 0.3) is 0 Å². The lowest BCUT2D eigenvalue weighted by Gasteiger charge is -2.12. The second-order valence-corrected chi connectivity index (χ2v) is 6.27. The summed E-state index contributed by atoms with van der Waals surface area (Å²) in [6.45, 7) is 3.85. The van der Waals surface area contributed by atoms with E-state index in [4.69, 9.17) is 0 Å². The van der Waals surface area contributed by atoms with Gasteiger partial charge in [0, 0.05) is 36.4 Å². The predicted molar refractivity (Wildman–Crippen MR) is 68.3 cm³/mol. The lowest BCUT2D eigenvalue weighted by atomic mass is 10.3. The molecule has 2 rings (SSSR count). The molecule has 0 spiro atoms. The lowest BCUT2D eigenvalue weighted by Crippen LogP contribution is -2.30. The number of aryl methyl sites for hydroxylation is 1. The normalized spacial score (nSPS) is 22.1. The van der Waals surface area contributed by atoms with E-state index in [0.717, 1.165) is 13.0 Å². The van der Waals surface area contributed by atoms with Crippen molar-refractivity contribution in [1.82, 2.24) is 9.88 Å². The maximum absolute atomic E-state index is 11.2. The van der Waals surface area contributed by atoms with Gasteiger partial charge in [0.25, 0.3) is 0 Å². The molecule has 1 aromatic rings. The fourth-order valence-corrected chi connectivity index (χ4v) is 3.28. The van der Waals surface area contributed by atoms with E-state index in [-0.39, 0.29) is 11.8 Å². The Morgan fingerprint density at radius 1 is 1.53 bits per heavy atom. The molecule has 1 unspecified atom stereocenters. The molecular formula is C12H18N2O2S. The van der Waals surface area contributed by atoms with Gasteiger partial charge in [0.2, 0.25) is 0 Å². The van der Waals surface area contributed by atoms with E-state index < -0.39 is 9.84 Å². The molecule has 0 radical (unpaired) electrons. The third-order valence-corrected chi connectivity index (χ3v) is 4.26. The molecule has 1 aliphatic rings. The van der Waals surface area contributed by atoms with Gasteiger partial charge in [-0.15, -0.1) is 0 Å². The second kappa shape index (κ2) is 5.06. The van der Waals surface area contributed by atoms with Crippen molar-refractivity contribution in [2.75, 3.05) is 5.75 Å². The highest BCUT2D eigenvalue weighted by Crippen LogP contribution is 2.09. The zero-order chi connectivity index (χ0) is 12.3. The predicted octanol–water partition coefficient (Wildman–Crippen LogP) is 1.30. The van der Waals surface area contributed by atoms with E-state index in [9.17, 15) is 8.42 Å². The van der Waals surface area contributed by atoms with Crippen molar-refractivity contribution in [2.24, 2.45) is 0 Å². The molecule has 0 saturated carbocycles. The van der Waals surface area contributed by atoms with E-state index in [1.54, 1.807) is 6.08 Å². The molecule has 0 bridgehead atoms.